The van der Waals surface area contributed by atoms with Gasteiger partial charge in [-0.3, -0.25) is 0 Å². The van der Waals surface area contributed by atoms with E-state index in [1.54, 1.807) is 0 Å². The topological polar surface area (TPSA) is 12.0 Å². The molecular formula is C15H15Cl2N. The fourth-order valence-electron chi connectivity index (χ4n) is 1.77. The minimum atomic E-state index is 0.752. The van der Waals surface area contributed by atoms with Gasteiger partial charge in [-0.15, -0.1) is 0 Å². The molecule has 18 heavy (non-hydrogen) atoms. The quantitative estimate of drug-likeness (QED) is 0.812. The molecule has 0 bridgehead atoms. The molecular weight excluding hydrogens is 265 g/mol. The predicted molar refractivity (Wildman–Crippen MR) is 79.7 cm³/mol. The molecule has 0 spiro atoms. The molecule has 0 saturated heterocycles. The number of aryl methyl sites for hydroxylation is 2. The normalized spacial score (nSPS) is 10.4. The van der Waals surface area contributed by atoms with Gasteiger partial charge in [-0.05, 0) is 54.8 Å². The van der Waals surface area contributed by atoms with Crippen LogP contribution in [0.15, 0.2) is 36.4 Å². The van der Waals surface area contributed by atoms with Crippen LogP contribution in [0.2, 0.25) is 10.0 Å². The molecule has 1 N–H and O–H groups in total. The molecule has 2 aromatic rings. The van der Waals surface area contributed by atoms with Crippen molar-refractivity contribution in [3.8, 4) is 0 Å². The Morgan fingerprint density at radius 1 is 0.944 bits per heavy atom. The lowest BCUT2D eigenvalue weighted by Crippen LogP contribution is -2.01. The van der Waals surface area contributed by atoms with E-state index in [-0.39, 0.29) is 0 Å². The van der Waals surface area contributed by atoms with Gasteiger partial charge in [0.15, 0.2) is 0 Å². The maximum absolute atomic E-state index is 6.10. The van der Waals surface area contributed by atoms with Gasteiger partial charge >= 0.3 is 0 Å². The van der Waals surface area contributed by atoms with Crippen LogP contribution in [-0.2, 0) is 6.54 Å². The van der Waals surface area contributed by atoms with E-state index in [1.165, 1.54) is 5.56 Å². The highest BCUT2D eigenvalue weighted by atomic mass is 35.5. The minimum absolute atomic E-state index is 0.752. The molecule has 0 aliphatic carbocycles. The molecule has 0 unspecified atom stereocenters. The molecule has 3 heteroatoms. The summed E-state index contributed by atoms with van der Waals surface area (Å²) < 4.78 is 0. The van der Waals surface area contributed by atoms with E-state index in [4.69, 9.17) is 23.2 Å². The molecule has 1 nitrogen and oxygen atoms in total. The number of hydrogen-bond donors (Lipinski definition) is 1. The van der Waals surface area contributed by atoms with Crippen LogP contribution in [0.1, 0.15) is 16.7 Å². The largest absolute Gasteiger partial charge is 0.381 e. The summed E-state index contributed by atoms with van der Waals surface area (Å²) in [6.45, 7) is 4.79. The van der Waals surface area contributed by atoms with Crippen molar-refractivity contribution in [1.29, 1.82) is 0 Å². The summed E-state index contributed by atoms with van der Waals surface area (Å²) >= 11 is 12.0. The summed E-state index contributed by atoms with van der Waals surface area (Å²) in [5.41, 5.74) is 4.50. The van der Waals surface area contributed by atoms with Crippen molar-refractivity contribution in [1.82, 2.24) is 0 Å². The lowest BCUT2D eigenvalue weighted by molar-refractivity contribution is 1.14. The lowest BCUT2D eigenvalue weighted by Gasteiger charge is -2.10. The highest BCUT2D eigenvalue weighted by Crippen LogP contribution is 2.21. The molecule has 0 radical (unpaired) electrons. The average Bonchev–Trinajstić information content (AvgIpc) is 2.32. The molecule has 94 valence electrons. The Morgan fingerprint density at radius 2 is 1.72 bits per heavy atom. The zero-order valence-corrected chi connectivity index (χ0v) is 11.9. The second-order valence-electron chi connectivity index (χ2n) is 4.40. The van der Waals surface area contributed by atoms with Crippen molar-refractivity contribution in [3.05, 3.63) is 63.1 Å². The van der Waals surface area contributed by atoms with Gasteiger partial charge in [0.25, 0.3) is 0 Å². The number of hydrogen-bond acceptors (Lipinski definition) is 1. The summed E-state index contributed by atoms with van der Waals surface area (Å²) in [6.07, 6.45) is 0. The molecule has 0 saturated carbocycles. The molecule has 2 aromatic carbocycles. The number of benzene rings is 2. The fraction of sp³-hybridized carbons (Fsp3) is 0.200. The third-order valence-electron chi connectivity index (χ3n) is 2.91. The smallest absolute Gasteiger partial charge is 0.0438 e. The zero-order chi connectivity index (χ0) is 13.1. The van der Waals surface area contributed by atoms with Crippen LogP contribution in [-0.4, -0.2) is 0 Å². The maximum atomic E-state index is 6.10. The van der Waals surface area contributed by atoms with Gasteiger partial charge in [-0.25, -0.2) is 0 Å². The summed E-state index contributed by atoms with van der Waals surface area (Å²) in [6, 6.07) is 11.9. The SMILES string of the molecule is Cc1ccc(CNc2ccc(Cl)cc2C)cc1Cl. The number of rotatable bonds is 3. The van der Waals surface area contributed by atoms with Crippen LogP contribution in [0.3, 0.4) is 0 Å². The second-order valence-corrected chi connectivity index (χ2v) is 5.24. The summed E-state index contributed by atoms with van der Waals surface area (Å²) in [5, 5.41) is 4.95. The van der Waals surface area contributed by atoms with Gasteiger partial charge in [0.05, 0.1) is 0 Å². The summed E-state index contributed by atoms with van der Waals surface area (Å²) in [4.78, 5) is 0. The Hall–Kier alpha value is -1.18. The van der Waals surface area contributed by atoms with Crippen molar-refractivity contribution in [3.63, 3.8) is 0 Å². The Labute approximate surface area is 118 Å². The standard InChI is InChI=1S/C15H15Cl2N/c1-10-3-4-12(8-14(10)17)9-18-15-6-5-13(16)7-11(15)2/h3-8,18H,9H2,1-2H3. The fourth-order valence-corrected chi connectivity index (χ4v) is 2.20. The van der Waals surface area contributed by atoms with Crippen LogP contribution in [0.5, 0.6) is 0 Å². The van der Waals surface area contributed by atoms with Gasteiger partial charge < -0.3 is 5.32 Å². The molecule has 0 fully saturated rings. The van der Waals surface area contributed by atoms with Crippen LogP contribution >= 0.6 is 23.2 Å². The van der Waals surface area contributed by atoms with Gasteiger partial charge in [-0.2, -0.15) is 0 Å². The van der Waals surface area contributed by atoms with Gasteiger partial charge in [0, 0.05) is 22.3 Å². The van der Waals surface area contributed by atoms with Crippen LogP contribution < -0.4 is 5.32 Å². The summed E-state index contributed by atoms with van der Waals surface area (Å²) in [5.74, 6) is 0. The molecule has 0 aliphatic rings. The van der Waals surface area contributed by atoms with Crippen molar-refractivity contribution in [2.45, 2.75) is 20.4 Å². The van der Waals surface area contributed by atoms with Crippen molar-refractivity contribution in [2.75, 3.05) is 5.32 Å². The maximum Gasteiger partial charge on any atom is 0.0438 e. The zero-order valence-electron chi connectivity index (χ0n) is 10.4. The van der Waals surface area contributed by atoms with Crippen molar-refractivity contribution >= 4 is 28.9 Å². The van der Waals surface area contributed by atoms with Crippen LogP contribution in [0.25, 0.3) is 0 Å². The first-order chi connectivity index (χ1) is 8.56. The monoisotopic (exact) mass is 279 g/mol. The van der Waals surface area contributed by atoms with Crippen LogP contribution in [0, 0.1) is 13.8 Å². The predicted octanol–water partition coefficient (Wildman–Crippen LogP) is 5.22. The first kappa shape index (κ1) is 13.3. The van der Waals surface area contributed by atoms with E-state index in [2.05, 4.69) is 11.4 Å². The van der Waals surface area contributed by atoms with E-state index in [9.17, 15) is 0 Å². The van der Waals surface area contributed by atoms with E-state index < -0.39 is 0 Å². The van der Waals surface area contributed by atoms with Gasteiger partial charge in [0.2, 0.25) is 0 Å². The van der Waals surface area contributed by atoms with Crippen LogP contribution in [0.4, 0.5) is 5.69 Å². The number of nitrogens with one attached hydrogen (secondary N) is 1. The third kappa shape index (κ3) is 3.18. The van der Waals surface area contributed by atoms with Crippen molar-refractivity contribution in [2.24, 2.45) is 0 Å². The molecule has 2 rings (SSSR count). The Morgan fingerprint density at radius 3 is 2.39 bits per heavy atom. The molecule has 0 atom stereocenters. The first-order valence-electron chi connectivity index (χ1n) is 5.81. The number of halogens is 2. The third-order valence-corrected chi connectivity index (χ3v) is 3.55. The van der Waals surface area contributed by atoms with E-state index in [0.717, 1.165) is 33.4 Å². The lowest BCUT2D eigenvalue weighted by atomic mass is 10.1. The Kier molecular flexibility index (Phi) is 4.15. The van der Waals surface area contributed by atoms with E-state index in [0.29, 0.717) is 0 Å². The molecule has 0 aliphatic heterocycles. The van der Waals surface area contributed by atoms with Gasteiger partial charge in [-0.1, -0.05) is 35.3 Å². The van der Waals surface area contributed by atoms with Crippen molar-refractivity contribution < 1.29 is 0 Å². The Bertz CT molecular complexity index is 564. The highest BCUT2D eigenvalue weighted by molar-refractivity contribution is 6.31. The highest BCUT2D eigenvalue weighted by Gasteiger charge is 2.01. The second kappa shape index (κ2) is 5.64. The minimum Gasteiger partial charge on any atom is -0.381 e. The summed E-state index contributed by atoms with van der Waals surface area (Å²) in [7, 11) is 0. The van der Waals surface area contributed by atoms with E-state index >= 15 is 0 Å². The molecule has 0 amide bonds. The van der Waals surface area contributed by atoms with Gasteiger partial charge in [0.1, 0.15) is 0 Å². The van der Waals surface area contributed by atoms with E-state index in [1.807, 2.05) is 44.2 Å². The Balaban J connectivity index is 2.09. The first-order valence-corrected chi connectivity index (χ1v) is 6.57. The molecule has 0 aromatic heterocycles. The molecule has 0 heterocycles. The number of anilines is 1. The average molecular weight is 280 g/mol.